The van der Waals surface area contributed by atoms with Crippen molar-refractivity contribution in [3.05, 3.63) is 70.8 Å². The Balaban J connectivity index is 1.97. The van der Waals surface area contributed by atoms with Crippen molar-refractivity contribution < 1.29 is 14.3 Å². The van der Waals surface area contributed by atoms with Gasteiger partial charge >= 0.3 is 0 Å². The second kappa shape index (κ2) is 8.37. The molecule has 4 heteroatoms. The van der Waals surface area contributed by atoms with Gasteiger partial charge in [0.05, 0.1) is 6.61 Å². The molecule has 0 aromatic heterocycles. The average molecular weight is 317 g/mol. The summed E-state index contributed by atoms with van der Waals surface area (Å²) in [6.45, 7) is 1.02. The largest absolute Gasteiger partial charge is 0.491 e. The highest BCUT2D eigenvalue weighted by molar-refractivity contribution is 6.30. The number of carbonyl (C=O) groups excluding carboxylic acids is 1. The molecular weight excluding hydrogens is 300 g/mol. The Kier molecular flexibility index (Phi) is 6.19. The maximum atomic E-state index is 12.1. The molecule has 0 radical (unpaired) electrons. The molecule has 0 bridgehead atoms. The van der Waals surface area contributed by atoms with Gasteiger partial charge in [0, 0.05) is 17.7 Å². The number of hydrogen-bond acceptors (Lipinski definition) is 3. The van der Waals surface area contributed by atoms with Crippen LogP contribution in [0.1, 0.15) is 15.9 Å². The first-order valence-electron chi connectivity index (χ1n) is 6.89. The van der Waals surface area contributed by atoms with Crippen molar-refractivity contribution in [1.29, 1.82) is 0 Å². The van der Waals surface area contributed by atoms with Gasteiger partial charge in [-0.3, -0.25) is 4.79 Å². The fourth-order valence-electron chi connectivity index (χ4n) is 1.84. The van der Waals surface area contributed by atoms with E-state index in [2.05, 4.69) is 0 Å². The monoisotopic (exact) mass is 316 g/mol. The van der Waals surface area contributed by atoms with Gasteiger partial charge in [-0.1, -0.05) is 29.8 Å². The van der Waals surface area contributed by atoms with Crippen molar-refractivity contribution in [3.63, 3.8) is 0 Å². The summed E-state index contributed by atoms with van der Waals surface area (Å²) in [5.41, 5.74) is 1.50. The highest BCUT2D eigenvalue weighted by Gasteiger charge is 2.02. The summed E-state index contributed by atoms with van der Waals surface area (Å²) in [6.07, 6.45) is 3.28. The Morgan fingerprint density at radius 3 is 2.59 bits per heavy atom. The molecular formula is C18H17ClO3. The summed E-state index contributed by atoms with van der Waals surface area (Å²) in [6, 6.07) is 14.4. The fourth-order valence-corrected chi connectivity index (χ4v) is 2.04. The molecule has 0 fully saturated rings. The third-order valence-electron chi connectivity index (χ3n) is 2.97. The minimum absolute atomic E-state index is 0.0663. The number of allylic oxidation sites excluding steroid dienone is 1. The molecule has 0 heterocycles. The summed E-state index contributed by atoms with van der Waals surface area (Å²) >= 11 is 5.91. The Bertz CT molecular complexity index is 648. The van der Waals surface area contributed by atoms with Crippen LogP contribution in [0.2, 0.25) is 5.02 Å². The standard InChI is InChI=1S/C18H17ClO3/c1-21-11-12-22-17-8-6-15(7-9-17)18(20)10-5-14-3-2-4-16(19)13-14/h2-10,13H,11-12H2,1H3. The molecule has 0 aliphatic rings. The first-order chi connectivity index (χ1) is 10.7. The van der Waals surface area contributed by atoms with Crippen LogP contribution < -0.4 is 4.74 Å². The molecule has 2 rings (SSSR count). The molecule has 3 nitrogen and oxygen atoms in total. The zero-order chi connectivity index (χ0) is 15.8. The average Bonchev–Trinajstić information content (AvgIpc) is 2.54. The van der Waals surface area contributed by atoms with Crippen molar-refractivity contribution in [2.75, 3.05) is 20.3 Å². The van der Waals surface area contributed by atoms with Crippen LogP contribution in [0, 0.1) is 0 Å². The molecule has 0 saturated carbocycles. The quantitative estimate of drug-likeness (QED) is 0.435. The molecule has 0 N–H and O–H groups in total. The molecule has 22 heavy (non-hydrogen) atoms. The molecule has 114 valence electrons. The lowest BCUT2D eigenvalue weighted by molar-refractivity contribution is 0.104. The van der Waals surface area contributed by atoms with Gasteiger partial charge in [0.1, 0.15) is 12.4 Å². The molecule has 0 aliphatic heterocycles. The van der Waals surface area contributed by atoms with Gasteiger partial charge < -0.3 is 9.47 Å². The second-order valence-corrected chi connectivity index (χ2v) is 5.05. The second-order valence-electron chi connectivity index (χ2n) is 4.62. The smallest absolute Gasteiger partial charge is 0.185 e. The zero-order valence-corrected chi connectivity index (χ0v) is 13.0. The highest BCUT2D eigenvalue weighted by Crippen LogP contribution is 2.15. The Labute approximate surface area is 135 Å². The maximum absolute atomic E-state index is 12.1. The summed E-state index contributed by atoms with van der Waals surface area (Å²) in [7, 11) is 1.62. The Morgan fingerprint density at radius 2 is 1.91 bits per heavy atom. The topological polar surface area (TPSA) is 35.5 Å². The van der Waals surface area contributed by atoms with Crippen LogP contribution in [0.15, 0.2) is 54.6 Å². The minimum atomic E-state index is -0.0663. The number of carbonyl (C=O) groups is 1. The van der Waals surface area contributed by atoms with Crippen molar-refractivity contribution >= 4 is 23.5 Å². The lowest BCUT2D eigenvalue weighted by Crippen LogP contribution is -2.04. The Hall–Kier alpha value is -2.10. The van der Waals surface area contributed by atoms with E-state index in [1.165, 1.54) is 6.08 Å². The SMILES string of the molecule is COCCOc1ccc(C(=O)C=Cc2cccc(Cl)c2)cc1. The third kappa shape index (κ3) is 5.02. The number of methoxy groups -OCH3 is 1. The van der Waals surface area contributed by atoms with E-state index in [0.717, 1.165) is 5.56 Å². The number of halogens is 1. The normalized spacial score (nSPS) is 10.8. The van der Waals surface area contributed by atoms with Gasteiger partial charge in [-0.25, -0.2) is 0 Å². The van der Waals surface area contributed by atoms with Gasteiger partial charge in [0.25, 0.3) is 0 Å². The number of rotatable bonds is 7. The van der Waals surface area contributed by atoms with Crippen molar-refractivity contribution in [1.82, 2.24) is 0 Å². The summed E-state index contributed by atoms with van der Waals surface area (Å²) in [4.78, 5) is 12.1. The van der Waals surface area contributed by atoms with Crippen LogP contribution >= 0.6 is 11.6 Å². The lowest BCUT2D eigenvalue weighted by Gasteiger charge is -2.05. The van der Waals surface area contributed by atoms with E-state index in [4.69, 9.17) is 21.1 Å². The van der Waals surface area contributed by atoms with E-state index in [1.54, 1.807) is 49.6 Å². The van der Waals surface area contributed by atoms with Crippen LogP contribution in [0.5, 0.6) is 5.75 Å². The van der Waals surface area contributed by atoms with Gasteiger partial charge in [-0.15, -0.1) is 0 Å². The predicted molar refractivity (Wildman–Crippen MR) is 88.6 cm³/mol. The third-order valence-corrected chi connectivity index (χ3v) is 3.21. The number of benzene rings is 2. The van der Waals surface area contributed by atoms with Gasteiger partial charge in [0.2, 0.25) is 0 Å². The molecule has 0 unspecified atom stereocenters. The van der Waals surface area contributed by atoms with Crippen LogP contribution in [-0.4, -0.2) is 26.1 Å². The van der Waals surface area contributed by atoms with Crippen molar-refractivity contribution in [3.8, 4) is 5.75 Å². The summed E-state index contributed by atoms with van der Waals surface area (Å²) in [5.74, 6) is 0.649. The molecule has 0 atom stereocenters. The number of ether oxygens (including phenoxy) is 2. The first-order valence-corrected chi connectivity index (χ1v) is 7.26. The van der Waals surface area contributed by atoms with Crippen LogP contribution in [0.3, 0.4) is 0 Å². The number of hydrogen-bond donors (Lipinski definition) is 0. The Morgan fingerprint density at radius 1 is 1.14 bits per heavy atom. The van der Waals surface area contributed by atoms with Crippen LogP contribution in [-0.2, 0) is 4.74 Å². The number of ketones is 1. The van der Waals surface area contributed by atoms with Crippen LogP contribution in [0.4, 0.5) is 0 Å². The summed E-state index contributed by atoms with van der Waals surface area (Å²) < 4.78 is 10.4. The summed E-state index contributed by atoms with van der Waals surface area (Å²) in [5, 5.41) is 0.646. The zero-order valence-electron chi connectivity index (χ0n) is 12.3. The van der Waals surface area contributed by atoms with E-state index in [0.29, 0.717) is 29.5 Å². The molecule has 0 amide bonds. The van der Waals surface area contributed by atoms with E-state index in [9.17, 15) is 4.79 Å². The van der Waals surface area contributed by atoms with E-state index >= 15 is 0 Å². The van der Waals surface area contributed by atoms with Gasteiger partial charge in [-0.2, -0.15) is 0 Å². The van der Waals surface area contributed by atoms with Crippen molar-refractivity contribution in [2.24, 2.45) is 0 Å². The maximum Gasteiger partial charge on any atom is 0.185 e. The van der Waals surface area contributed by atoms with Gasteiger partial charge in [-0.05, 0) is 48.0 Å². The van der Waals surface area contributed by atoms with E-state index < -0.39 is 0 Å². The predicted octanol–water partition coefficient (Wildman–Crippen LogP) is 4.26. The molecule has 0 spiro atoms. The first kappa shape index (κ1) is 16.3. The lowest BCUT2D eigenvalue weighted by atomic mass is 10.1. The minimum Gasteiger partial charge on any atom is -0.491 e. The molecule has 0 saturated heterocycles. The van der Waals surface area contributed by atoms with Crippen molar-refractivity contribution in [2.45, 2.75) is 0 Å². The molecule has 2 aromatic rings. The molecule has 0 aliphatic carbocycles. The van der Waals surface area contributed by atoms with Gasteiger partial charge in [0.15, 0.2) is 5.78 Å². The van der Waals surface area contributed by atoms with E-state index in [1.807, 2.05) is 12.1 Å². The molecule has 2 aromatic carbocycles. The highest BCUT2D eigenvalue weighted by atomic mass is 35.5. The van der Waals surface area contributed by atoms with Crippen LogP contribution in [0.25, 0.3) is 6.08 Å². The fraction of sp³-hybridized carbons (Fsp3) is 0.167. The van der Waals surface area contributed by atoms with E-state index in [-0.39, 0.29) is 5.78 Å².